The molecular weight excluding hydrogens is 574 g/mol. The minimum Gasteiger partial charge on any atom is -0.451 e. The number of hydrazine groups is 1. The van der Waals surface area contributed by atoms with Crippen LogP contribution in [0.15, 0.2) is 36.4 Å². The van der Waals surface area contributed by atoms with Crippen molar-refractivity contribution in [2.45, 2.75) is 97.1 Å². The fourth-order valence-electron chi connectivity index (χ4n) is 6.38. The summed E-state index contributed by atoms with van der Waals surface area (Å²) < 4.78 is 12.0. The number of pyridine rings is 1. The van der Waals surface area contributed by atoms with E-state index in [-0.39, 0.29) is 23.8 Å². The summed E-state index contributed by atoms with van der Waals surface area (Å²) in [6.07, 6.45) is 4.58. The van der Waals surface area contributed by atoms with Gasteiger partial charge >= 0.3 is 5.97 Å². The predicted octanol–water partition coefficient (Wildman–Crippen LogP) is 3.58. The summed E-state index contributed by atoms with van der Waals surface area (Å²) in [5, 5.41) is 8.12. The van der Waals surface area contributed by atoms with E-state index in [0.717, 1.165) is 16.5 Å². The van der Waals surface area contributed by atoms with Crippen LogP contribution >= 0.6 is 0 Å². The van der Waals surface area contributed by atoms with Crippen molar-refractivity contribution in [3.05, 3.63) is 47.7 Å². The van der Waals surface area contributed by atoms with Crippen molar-refractivity contribution in [2.24, 2.45) is 11.3 Å². The van der Waals surface area contributed by atoms with Crippen molar-refractivity contribution in [3.63, 3.8) is 0 Å². The van der Waals surface area contributed by atoms with Crippen molar-refractivity contribution in [1.29, 1.82) is 0 Å². The van der Waals surface area contributed by atoms with Gasteiger partial charge in [0.1, 0.15) is 12.1 Å². The highest BCUT2D eigenvalue weighted by atomic mass is 16.6. The summed E-state index contributed by atoms with van der Waals surface area (Å²) in [6, 6.07) is 7.84. The van der Waals surface area contributed by atoms with Gasteiger partial charge in [0.05, 0.1) is 28.3 Å². The number of hydrogen-bond acceptors (Lipinski definition) is 8. The highest BCUT2D eigenvalue weighted by Crippen LogP contribution is 2.42. The van der Waals surface area contributed by atoms with E-state index in [0.29, 0.717) is 44.5 Å². The number of amides is 3. The van der Waals surface area contributed by atoms with Gasteiger partial charge in [-0.3, -0.25) is 29.2 Å². The van der Waals surface area contributed by atoms with Crippen LogP contribution in [0.1, 0.15) is 84.5 Å². The average Bonchev–Trinajstić information content (AvgIpc) is 3.00. The number of aromatic nitrogens is 1. The highest BCUT2D eigenvalue weighted by Gasteiger charge is 2.47. The molecule has 5 atom stereocenters. The molecule has 3 amide bonds. The number of hydrogen-bond donors (Lipinski definition) is 3. The SMILES string of the molecule is CC(C)[C@@H]1OC(=O)[C@]2(C=Cc3ccc4ccc(nc4c3)[C@@H](C)NC(=O)[C@@H]3CCCN(N3)C(=O)[C@H](C)NC1=O)CCOC(C)(C)C2. The quantitative estimate of drug-likeness (QED) is 0.412. The molecule has 0 saturated carbocycles. The lowest BCUT2D eigenvalue weighted by atomic mass is 9.73. The minimum absolute atomic E-state index is 0.238. The average molecular weight is 620 g/mol. The molecule has 1 aromatic heterocycles. The van der Waals surface area contributed by atoms with Crippen LogP contribution in [0.5, 0.6) is 0 Å². The Balaban J connectivity index is 1.55. The third-order valence-electron chi connectivity index (χ3n) is 8.92. The molecule has 242 valence electrons. The maximum Gasteiger partial charge on any atom is 0.316 e. The molecule has 11 heteroatoms. The zero-order valence-electron chi connectivity index (χ0n) is 27.0. The Morgan fingerprint density at radius 2 is 1.73 bits per heavy atom. The van der Waals surface area contributed by atoms with Gasteiger partial charge in [-0.05, 0) is 77.0 Å². The first-order valence-electron chi connectivity index (χ1n) is 15.9. The Labute approximate surface area is 264 Å². The Kier molecular flexibility index (Phi) is 9.32. The molecule has 2 saturated heterocycles. The molecule has 2 aromatic rings. The summed E-state index contributed by atoms with van der Waals surface area (Å²) in [7, 11) is 0. The van der Waals surface area contributed by atoms with Gasteiger partial charge < -0.3 is 20.1 Å². The topological polar surface area (TPSA) is 139 Å². The molecule has 1 aromatic carbocycles. The van der Waals surface area contributed by atoms with Gasteiger partial charge in [-0.25, -0.2) is 5.43 Å². The van der Waals surface area contributed by atoms with Crippen molar-refractivity contribution in [1.82, 2.24) is 26.1 Å². The van der Waals surface area contributed by atoms with E-state index < -0.39 is 41.1 Å². The number of nitrogens with one attached hydrogen (secondary N) is 3. The molecule has 4 heterocycles. The first kappa shape index (κ1) is 32.6. The molecule has 3 N–H and O–H groups in total. The Morgan fingerprint density at radius 3 is 2.47 bits per heavy atom. The van der Waals surface area contributed by atoms with E-state index in [1.807, 2.05) is 63.3 Å². The number of esters is 1. The number of cyclic esters (lactones) is 1. The van der Waals surface area contributed by atoms with E-state index in [9.17, 15) is 19.2 Å². The van der Waals surface area contributed by atoms with Gasteiger partial charge in [0.15, 0.2) is 6.10 Å². The number of nitrogens with zero attached hydrogens (tertiary/aromatic N) is 2. The molecule has 45 heavy (non-hydrogen) atoms. The van der Waals surface area contributed by atoms with Crippen LogP contribution in [0, 0.1) is 11.3 Å². The third kappa shape index (κ3) is 7.20. The highest BCUT2D eigenvalue weighted by molar-refractivity contribution is 5.92. The molecule has 1 spiro atoms. The number of rotatable bonds is 1. The van der Waals surface area contributed by atoms with Crippen LogP contribution in [0.4, 0.5) is 0 Å². The van der Waals surface area contributed by atoms with Gasteiger partial charge in [0.25, 0.3) is 11.8 Å². The second kappa shape index (κ2) is 12.9. The van der Waals surface area contributed by atoms with Gasteiger partial charge in [-0.2, -0.15) is 0 Å². The maximum atomic E-state index is 14.1. The number of benzene rings is 1. The lowest BCUT2D eigenvalue weighted by Gasteiger charge is -2.42. The normalized spacial score (nSPS) is 29.9. The summed E-state index contributed by atoms with van der Waals surface area (Å²) in [4.78, 5) is 59.1. The summed E-state index contributed by atoms with van der Waals surface area (Å²) in [5.41, 5.74) is 3.72. The lowest BCUT2D eigenvalue weighted by Crippen LogP contribution is -2.61. The van der Waals surface area contributed by atoms with Crippen LogP contribution < -0.4 is 16.1 Å². The smallest absolute Gasteiger partial charge is 0.316 e. The maximum absolute atomic E-state index is 14.1. The van der Waals surface area contributed by atoms with E-state index in [4.69, 9.17) is 14.5 Å². The second-order valence-corrected chi connectivity index (χ2v) is 13.6. The monoisotopic (exact) mass is 619 g/mol. The van der Waals surface area contributed by atoms with Gasteiger partial charge in [-0.1, -0.05) is 44.2 Å². The molecule has 0 radical (unpaired) electrons. The number of carbonyl (C=O) groups is 4. The predicted molar refractivity (Wildman–Crippen MR) is 169 cm³/mol. The van der Waals surface area contributed by atoms with Gasteiger partial charge in [-0.15, -0.1) is 0 Å². The van der Waals surface area contributed by atoms with Crippen LogP contribution in [0.2, 0.25) is 0 Å². The Hall–Kier alpha value is -3.83. The first-order valence-corrected chi connectivity index (χ1v) is 15.9. The van der Waals surface area contributed by atoms with E-state index in [1.54, 1.807) is 20.8 Å². The molecule has 3 aliphatic heterocycles. The fourth-order valence-corrected chi connectivity index (χ4v) is 6.38. The summed E-state index contributed by atoms with van der Waals surface area (Å²) in [6.45, 7) is 11.7. The Morgan fingerprint density at radius 1 is 1.00 bits per heavy atom. The van der Waals surface area contributed by atoms with E-state index in [1.165, 1.54) is 5.01 Å². The minimum atomic E-state index is -1.12. The molecule has 0 unspecified atom stereocenters. The molecule has 11 nitrogen and oxygen atoms in total. The van der Waals surface area contributed by atoms with Crippen LogP contribution in [0.3, 0.4) is 0 Å². The van der Waals surface area contributed by atoms with Crippen molar-refractivity contribution < 1.29 is 28.7 Å². The third-order valence-corrected chi connectivity index (χ3v) is 8.92. The largest absolute Gasteiger partial charge is 0.451 e. The van der Waals surface area contributed by atoms with Crippen LogP contribution in [-0.2, 0) is 28.7 Å². The van der Waals surface area contributed by atoms with E-state index >= 15 is 0 Å². The van der Waals surface area contributed by atoms with Gasteiger partial charge in [0.2, 0.25) is 5.91 Å². The summed E-state index contributed by atoms with van der Waals surface area (Å²) in [5.74, 6) is -2.03. The molecule has 5 bridgehead atoms. The number of ether oxygens (including phenoxy) is 2. The summed E-state index contributed by atoms with van der Waals surface area (Å²) >= 11 is 0. The first-order chi connectivity index (χ1) is 21.3. The van der Waals surface area contributed by atoms with E-state index in [2.05, 4.69) is 16.1 Å². The molecular formula is C34H45N5O6. The zero-order chi connectivity index (χ0) is 32.5. The molecule has 0 aliphatic carbocycles. The lowest BCUT2D eigenvalue weighted by molar-refractivity contribution is -0.177. The van der Waals surface area contributed by atoms with Crippen LogP contribution in [0.25, 0.3) is 17.0 Å². The standard InChI is InChI=1S/C34H45N5O6/c1-20(2)28-30(41)36-22(4)31(42)39-16-7-8-26(38-39)29(40)35-21(3)25-12-11-24-10-9-23(18-27(24)37-25)13-14-34(32(43)45-28)15-17-44-33(5,6)19-34/h9-14,18,20-22,26,28,38H,7-8,15-17,19H2,1-6H3,(H,35,40)(H,36,41)/t21-,22+,26+,28+,34-/m1/s1. The number of carbonyl (C=O) groups excluding carboxylic acids is 4. The molecule has 2 fully saturated rings. The fraction of sp³-hybridized carbons (Fsp3) is 0.559. The van der Waals surface area contributed by atoms with Crippen molar-refractivity contribution in [3.8, 4) is 0 Å². The zero-order valence-corrected chi connectivity index (χ0v) is 27.0. The molecule has 3 aliphatic rings. The second-order valence-electron chi connectivity index (χ2n) is 13.6. The number of fused-ring (bicyclic) bond motifs is 4. The van der Waals surface area contributed by atoms with Crippen LogP contribution in [-0.4, -0.2) is 70.6 Å². The van der Waals surface area contributed by atoms with Gasteiger partial charge in [0, 0.05) is 18.5 Å². The van der Waals surface area contributed by atoms with Crippen molar-refractivity contribution >= 4 is 40.7 Å². The Bertz CT molecular complexity index is 1510. The van der Waals surface area contributed by atoms with Crippen molar-refractivity contribution in [2.75, 3.05) is 13.2 Å². The molecule has 5 rings (SSSR count).